The van der Waals surface area contributed by atoms with Crippen LogP contribution < -0.4 is 9.64 Å². The lowest BCUT2D eigenvalue weighted by molar-refractivity contribution is -0.0590. The summed E-state index contributed by atoms with van der Waals surface area (Å²) in [6.07, 6.45) is 4.77. The fourth-order valence-corrected chi connectivity index (χ4v) is 6.37. The number of fused-ring (bicyclic) bond motifs is 1. The number of hydrogen-bond donors (Lipinski definition) is 1. The van der Waals surface area contributed by atoms with Gasteiger partial charge in [-0.1, -0.05) is 17.7 Å². The Kier molecular flexibility index (Phi) is 6.73. The number of carbonyl (C=O) groups is 1. The van der Waals surface area contributed by atoms with E-state index in [1.165, 1.54) is 12.1 Å². The van der Waals surface area contributed by atoms with E-state index in [4.69, 9.17) is 26.1 Å². The number of anilines is 1. The minimum absolute atomic E-state index is 0.0296. The molecule has 1 saturated carbocycles. The molecule has 1 unspecified atom stereocenters. The third-order valence-electron chi connectivity index (χ3n) is 8.84. The number of ether oxygens (including phenoxy) is 2. The first-order chi connectivity index (χ1) is 20.3. The van der Waals surface area contributed by atoms with Gasteiger partial charge < -0.3 is 24.0 Å². The predicted molar refractivity (Wildman–Crippen MR) is 150 cm³/mol. The fourth-order valence-electron chi connectivity index (χ4n) is 6.21. The molecule has 1 N–H and O–H groups in total. The Hall–Kier alpha value is -3.83. The van der Waals surface area contributed by atoms with E-state index in [1.807, 2.05) is 4.90 Å². The van der Waals surface area contributed by atoms with E-state index in [1.54, 1.807) is 24.3 Å². The van der Waals surface area contributed by atoms with Crippen molar-refractivity contribution < 1.29 is 28.2 Å². The van der Waals surface area contributed by atoms with E-state index in [-0.39, 0.29) is 46.5 Å². The maximum Gasteiger partial charge on any atom is 0.335 e. The molecular weight excluding hydrogens is 568 g/mol. The third kappa shape index (κ3) is 4.94. The second kappa shape index (κ2) is 10.5. The first-order valence-electron chi connectivity index (χ1n) is 14.0. The van der Waals surface area contributed by atoms with Gasteiger partial charge >= 0.3 is 12.0 Å². The van der Waals surface area contributed by atoms with Gasteiger partial charge in [-0.05, 0) is 61.4 Å². The second-order valence-electron chi connectivity index (χ2n) is 11.3. The Morgan fingerprint density at radius 2 is 1.95 bits per heavy atom. The molecule has 218 valence electrons. The molecule has 2 aromatic carbocycles. The van der Waals surface area contributed by atoms with Crippen molar-refractivity contribution >= 4 is 34.4 Å². The van der Waals surface area contributed by atoms with Crippen LogP contribution in [0.4, 0.5) is 14.6 Å². The van der Waals surface area contributed by atoms with Gasteiger partial charge in [-0.25, -0.2) is 23.5 Å². The van der Waals surface area contributed by atoms with E-state index in [2.05, 4.69) is 14.5 Å². The molecule has 2 saturated heterocycles. The molecule has 0 amide bonds. The average molecular weight is 596 g/mol. The molecule has 3 aliphatic rings. The minimum Gasteiger partial charge on any atom is -0.478 e. The van der Waals surface area contributed by atoms with Crippen LogP contribution in [0.15, 0.2) is 42.6 Å². The van der Waals surface area contributed by atoms with Crippen LogP contribution in [0.1, 0.15) is 53.3 Å². The third-order valence-corrected chi connectivity index (χ3v) is 9.07. The number of hydrogen-bond acceptors (Lipinski definition) is 7. The van der Waals surface area contributed by atoms with Gasteiger partial charge in [0.1, 0.15) is 18.2 Å². The van der Waals surface area contributed by atoms with Crippen molar-refractivity contribution in [1.82, 2.24) is 19.5 Å². The molecule has 4 aromatic rings. The van der Waals surface area contributed by atoms with Crippen LogP contribution >= 0.6 is 11.6 Å². The van der Waals surface area contributed by atoms with Crippen molar-refractivity contribution in [2.24, 2.45) is 5.41 Å². The van der Waals surface area contributed by atoms with Crippen LogP contribution in [-0.2, 0) is 17.9 Å². The number of benzene rings is 2. The van der Waals surface area contributed by atoms with Crippen molar-refractivity contribution in [3.63, 3.8) is 0 Å². The molecule has 7 rings (SSSR count). The molecule has 2 aromatic heterocycles. The Labute approximate surface area is 245 Å². The van der Waals surface area contributed by atoms with Gasteiger partial charge in [-0.2, -0.15) is 4.98 Å². The van der Waals surface area contributed by atoms with E-state index in [0.29, 0.717) is 25.2 Å². The topological polar surface area (TPSA) is 103 Å². The highest BCUT2D eigenvalue weighted by molar-refractivity contribution is 6.30. The summed E-state index contributed by atoms with van der Waals surface area (Å²) in [5.74, 6) is -0.650. The summed E-state index contributed by atoms with van der Waals surface area (Å²) in [6.45, 7) is 2.47. The van der Waals surface area contributed by atoms with Crippen LogP contribution in [0.3, 0.4) is 0 Å². The molecule has 2 aliphatic heterocycles. The SMILES string of the molecule is O=C(O)c1ccc2nc(C3CC34CCN(c3nc(OCc5ccc(Cl)cc5F)ncc3F)CC4)n(C[C@@H]3CCO3)c2c1. The van der Waals surface area contributed by atoms with Gasteiger partial charge in [0.05, 0.1) is 35.4 Å². The molecule has 12 heteroatoms. The first-order valence-corrected chi connectivity index (χ1v) is 14.4. The summed E-state index contributed by atoms with van der Waals surface area (Å²) in [5, 5.41) is 9.82. The van der Waals surface area contributed by atoms with Gasteiger partial charge in [0.25, 0.3) is 0 Å². The molecule has 4 heterocycles. The van der Waals surface area contributed by atoms with Gasteiger partial charge in [-0.3, -0.25) is 0 Å². The fraction of sp³-hybridized carbons (Fsp3) is 0.400. The number of rotatable bonds is 8. The van der Waals surface area contributed by atoms with Crippen LogP contribution in [0, 0.1) is 17.0 Å². The van der Waals surface area contributed by atoms with Crippen molar-refractivity contribution in [2.45, 2.75) is 50.9 Å². The molecule has 9 nitrogen and oxygen atoms in total. The van der Waals surface area contributed by atoms with E-state index in [0.717, 1.165) is 55.3 Å². The average Bonchev–Trinajstić information content (AvgIpc) is 3.52. The summed E-state index contributed by atoms with van der Waals surface area (Å²) >= 11 is 5.82. The minimum atomic E-state index is -0.969. The lowest BCUT2D eigenvalue weighted by Crippen LogP contribution is -2.36. The number of piperidine rings is 1. The van der Waals surface area contributed by atoms with Crippen molar-refractivity contribution in [1.29, 1.82) is 0 Å². The number of aromatic nitrogens is 4. The van der Waals surface area contributed by atoms with Crippen molar-refractivity contribution in [3.8, 4) is 6.01 Å². The summed E-state index contributed by atoms with van der Waals surface area (Å²) in [6, 6.07) is 9.33. The maximum absolute atomic E-state index is 14.8. The van der Waals surface area contributed by atoms with Gasteiger partial charge in [0.2, 0.25) is 0 Å². The monoisotopic (exact) mass is 595 g/mol. The molecule has 1 aliphatic carbocycles. The molecule has 0 bridgehead atoms. The Morgan fingerprint density at radius 3 is 2.67 bits per heavy atom. The normalized spacial score (nSPS) is 21.0. The van der Waals surface area contributed by atoms with Gasteiger partial charge in [-0.15, -0.1) is 0 Å². The van der Waals surface area contributed by atoms with E-state index < -0.39 is 17.6 Å². The number of aromatic carboxylic acids is 1. The summed E-state index contributed by atoms with van der Waals surface area (Å²) in [5.41, 5.74) is 2.16. The summed E-state index contributed by atoms with van der Waals surface area (Å²) < 4.78 is 42.4. The standard InChI is InChI=1S/C30H28ClF2N5O4/c31-19-3-1-18(22(32)12-19)16-42-29-34-14-23(33)27(36-29)37-8-6-30(7-9-37)13-21(30)26-35-24-4-2-17(28(39)40)11-25(24)38(26)15-20-5-10-41-20/h1-4,11-12,14,20-21H,5-10,13,15-16H2,(H,39,40)/t20-,21?/m0/s1. The number of halogens is 3. The molecular formula is C30H28ClF2N5O4. The zero-order valence-corrected chi connectivity index (χ0v) is 23.4. The highest BCUT2D eigenvalue weighted by Crippen LogP contribution is 2.65. The molecule has 3 fully saturated rings. The van der Waals surface area contributed by atoms with Crippen LogP contribution in [0.2, 0.25) is 5.02 Å². The first kappa shape index (κ1) is 27.0. The van der Waals surface area contributed by atoms with Crippen molar-refractivity contribution in [3.05, 3.63) is 76.2 Å². The second-order valence-corrected chi connectivity index (χ2v) is 11.8. The summed E-state index contributed by atoms with van der Waals surface area (Å²) in [7, 11) is 0. The zero-order valence-electron chi connectivity index (χ0n) is 22.6. The highest BCUT2D eigenvalue weighted by Gasteiger charge is 2.57. The zero-order chi connectivity index (χ0) is 29.0. The molecule has 42 heavy (non-hydrogen) atoms. The van der Waals surface area contributed by atoms with Gasteiger partial charge in [0, 0.05) is 36.2 Å². The largest absolute Gasteiger partial charge is 0.478 e. The maximum atomic E-state index is 14.8. The van der Waals surface area contributed by atoms with Crippen LogP contribution in [0.25, 0.3) is 11.0 Å². The lowest BCUT2D eigenvalue weighted by atomic mass is 9.90. The smallest absolute Gasteiger partial charge is 0.335 e. The Balaban J connectivity index is 1.07. The van der Waals surface area contributed by atoms with Crippen LogP contribution in [-0.4, -0.2) is 56.4 Å². The molecule has 1 spiro atoms. The molecule has 0 radical (unpaired) electrons. The quantitative estimate of drug-likeness (QED) is 0.281. The van der Waals surface area contributed by atoms with Crippen LogP contribution in [0.5, 0.6) is 6.01 Å². The number of carboxylic acids is 1. The van der Waals surface area contributed by atoms with E-state index in [9.17, 15) is 18.7 Å². The highest BCUT2D eigenvalue weighted by atomic mass is 35.5. The number of imidazole rings is 1. The number of carboxylic acid groups (broad SMARTS) is 1. The predicted octanol–water partition coefficient (Wildman–Crippen LogP) is 5.60. The van der Waals surface area contributed by atoms with Crippen molar-refractivity contribution in [2.75, 3.05) is 24.6 Å². The lowest BCUT2D eigenvalue weighted by Gasteiger charge is -2.34. The Morgan fingerprint density at radius 1 is 1.14 bits per heavy atom. The molecule has 2 atom stereocenters. The van der Waals surface area contributed by atoms with E-state index >= 15 is 0 Å². The summed E-state index contributed by atoms with van der Waals surface area (Å²) in [4.78, 5) is 26.7. The number of nitrogens with zero attached hydrogens (tertiary/aromatic N) is 5. The van der Waals surface area contributed by atoms with Gasteiger partial charge in [0.15, 0.2) is 11.6 Å². The Bertz CT molecular complexity index is 1690.